The summed E-state index contributed by atoms with van der Waals surface area (Å²) in [6, 6.07) is 0. The van der Waals surface area contributed by atoms with Crippen LogP contribution >= 0.6 is 0 Å². The number of allylic oxidation sites excluding steroid dienone is 1. The highest BCUT2D eigenvalue weighted by Gasteiger charge is 2.14. The zero-order valence-corrected chi connectivity index (χ0v) is 16.5. The molecule has 1 aliphatic rings. The Kier molecular flexibility index (Phi) is 5.26. The number of anilines is 1. The Hall–Kier alpha value is -4.36. The standard InChI is InChI=1S/C11H13N5O.C6H6N6O2/c12-11-15-9-8(13-6-14-9)10(16-11)17-5-7-3-1-2-4-7;1-11-6(14)12-2-8-3(4(7)13)5(12)9-10-11/h3,6H,1-2,4-5H2,(H3,12,13,14,15,16);2H,1H3,(H2,7,13). The summed E-state index contributed by atoms with van der Waals surface area (Å²) in [5, 5.41) is 7.14. The van der Waals surface area contributed by atoms with Crippen molar-refractivity contribution in [3.8, 4) is 5.88 Å². The van der Waals surface area contributed by atoms with E-state index in [0.717, 1.165) is 21.9 Å². The van der Waals surface area contributed by atoms with Gasteiger partial charge in [0.15, 0.2) is 17.0 Å². The first-order valence-corrected chi connectivity index (χ1v) is 9.28. The molecule has 0 bridgehead atoms. The van der Waals surface area contributed by atoms with Gasteiger partial charge < -0.3 is 21.2 Å². The van der Waals surface area contributed by atoms with Gasteiger partial charge in [-0.05, 0) is 24.8 Å². The smallest absolute Gasteiger partial charge is 0.352 e. The predicted molar refractivity (Wildman–Crippen MR) is 108 cm³/mol. The van der Waals surface area contributed by atoms with Crippen molar-refractivity contribution in [2.24, 2.45) is 12.8 Å². The third-order valence-corrected chi connectivity index (χ3v) is 4.53. The summed E-state index contributed by atoms with van der Waals surface area (Å²) in [5.74, 6) is -0.0899. The normalized spacial score (nSPS) is 13.1. The number of hydrogen-bond acceptors (Lipinski definition) is 10. The van der Waals surface area contributed by atoms with E-state index in [4.69, 9.17) is 16.2 Å². The minimum absolute atomic E-state index is 0.0600. The number of carbonyl (C=O) groups is 1. The van der Waals surface area contributed by atoms with Gasteiger partial charge in [0.05, 0.1) is 6.33 Å². The molecule has 1 amide bonds. The zero-order chi connectivity index (χ0) is 22.0. The van der Waals surface area contributed by atoms with Gasteiger partial charge in [0.25, 0.3) is 5.91 Å². The lowest BCUT2D eigenvalue weighted by molar-refractivity contribution is 0.0997. The Balaban J connectivity index is 0.000000152. The van der Waals surface area contributed by atoms with Gasteiger partial charge in [-0.25, -0.2) is 19.2 Å². The monoisotopic (exact) mass is 425 g/mol. The van der Waals surface area contributed by atoms with Crippen LogP contribution < -0.4 is 21.9 Å². The second kappa shape index (κ2) is 8.17. The van der Waals surface area contributed by atoms with E-state index < -0.39 is 11.6 Å². The van der Waals surface area contributed by atoms with E-state index in [2.05, 4.69) is 41.3 Å². The van der Waals surface area contributed by atoms with Gasteiger partial charge in [0.2, 0.25) is 11.8 Å². The number of H-pyrrole nitrogens is 1. The largest absolute Gasteiger partial charge is 0.471 e. The first-order chi connectivity index (χ1) is 14.9. The van der Waals surface area contributed by atoms with Gasteiger partial charge >= 0.3 is 5.69 Å². The van der Waals surface area contributed by atoms with Crippen LogP contribution in [-0.4, -0.2) is 56.8 Å². The number of nitrogens with zero attached hydrogens (tertiary/aromatic N) is 8. The van der Waals surface area contributed by atoms with Crippen molar-refractivity contribution in [1.82, 2.24) is 44.3 Å². The maximum absolute atomic E-state index is 11.4. The van der Waals surface area contributed by atoms with Crippen LogP contribution in [-0.2, 0) is 7.05 Å². The van der Waals surface area contributed by atoms with Crippen molar-refractivity contribution in [2.75, 3.05) is 12.3 Å². The van der Waals surface area contributed by atoms with Crippen molar-refractivity contribution in [3.63, 3.8) is 0 Å². The van der Waals surface area contributed by atoms with E-state index in [0.29, 0.717) is 23.7 Å². The summed E-state index contributed by atoms with van der Waals surface area (Å²) in [5.41, 5.74) is 12.7. The third-order valence-electron chi connectivity index (χ3n) is 4.53. The van der Waals surface area contributed by atoms with Crippen molar-refractivity contribution in [1.29, 1.82) is 0 Å². The summed E-state index contributed by atoms with van der Waals surface area (Å²) in [6.07, 6.45) is 8.42. The van der Waals surface area contributed by atoms with E-state index in [1.807, 2.05) is 0 Å². The summed E-state index contributed by atoms with van der Waals surface area (Å²) < 4.78 is 7.80. The van der Waals surface area contributed by atoms with Crippen molar-refractivity contribution in [3.05, 3.63) is 40.5 Å². The molecule has 0 saturated heterocycles. The molecule has 31 heavy (non-hydrogen) atoms. The summed E-state index contributed by atoms with van der Waals surface area (Å²) in [6.45, 7) is 0.560. The molecule has 1 aliphatic carbocycles. The molecule has 0 radical (unpaired) electrons. The molecule has 4 aromatic heterocycles. The number of carbonyl (C=O) groups excluding carboxylic acids is 1. The summed E-state index contributed by atoms with van der Waals surface area (Å²) in [4.78, 5) is 41.0. The number of imidazole rings is 2. The maximum atomic E-state index is 11.4. The molecule has 0 aromatic carbocycles. The molecule has 14 heteroatoms. The van der Waals surface area contributed by atoms with Gasteiger partial charge in [0.1, 0.15) is 18.5 Å². The molecular formula is C17H19N11O3. The molecule has 5 rings (SSSR count). The Morgan fingerprint density at radius 3 is 2.90 bits per heavy atom. The number of amides is 1. The van der Waals surface area contributed by atoms with Crippen LogP contribution in [0, 0.1) is 0 Å². The lowest BCUT2D eigenvalue weighted by Gasteiger charge is -2.06. The predicted octanol–water partition coefficient (Wildman–Crippen LogP) is -0.654. The molecule has 4 aromatic rings. The Bertz CT molecular complexity index is 1350. The highest BCUT2D eigenvalue weighted by molar-refractivity contribution is 5.96. The number of fused-ring (bicyclic) bond motifs is 2. The van der Waals surface area contributed by atoms with E-state index in [1.54, 1.807) is 6.33 Å². The summed E-state index contributed by atoms with van der Waals surface area (Å²) in [7, 11) is 1.44. The fourth-order valence-corrected chi connectivity index (χ4v) is 3.01. The molecule has 4 heterocycles. The van der Waals surface area contributed by atoms with Gasteiger partial charge in [-0.15, -0.1) is 5.10 Å². The van der Waals surface area contributed by atoms with Crippen LogP contribution in [0.2, 0.25) is 0 Å². The first-order valence-electron chi connectivity index (χ1n) is 9.28. The van der Waals surface area contributed by atoms with Crippen LogP contribution in [0.4, 0.5) is 5.95 Å². The molecule has 14 nitrogen and oxygen atoms in total. The number of aromatic amines is 1. The highest BCUT2D eigenvalue weighted by atomic mass is 16.5. The Labute approximate surface area is 174 Å². The number of nitrogen functional groups attached to an aromatic ring is 1. The molecule has 160 valence electrons. The quantitative estimate of drug-likeness (QED) is 0.353. The first kappa shape index (κ1) is 19.9. The van der Waals surface area contributed by atoms with Crippen LogP contribution in [0.3, 0.4) is 0 Å². The molecule has 0 spiro atoms. The zero-order valence-electron chi connectivity index (χ0n) is 16.5. The number of aryl methyl sites for hydroxylation is 1. The number of aromatic nitrogens is 9. The molecular weight excluding hydrogens is 406 g/mol. The van der Waals surface area contributed by atoms with E-state index in [9.17, 15) is 9.59 Å². The van der Waals surface area contributed by atoms with Crippen LogP contribution in [0.1, 0.15) is 29.8 Å². The maximum Gasteiger partial charge on any atom is 0.352 e. The number of primary amides is 1. The number of nitrogens with one attached hydrogen (secondary N) is 1. The lowest BCUT2D eigenvalue weighted by Crippen LogP contribution is -2.27. The second-order valence-corrected chi connectivity index (χ2v) is 6.68. The average molecular weight is 425 g/mol. The lowest BCUT2D eigenvalue weighted by atomic mass is 10.2. The van der Waals surface area contributed by atoms with Gasteiger partial charge in [0, 0.05) is 7.05 Å². The average Bonchev–Trinajstić information content (AvgIpc) is 3.49. The second-order valence-electron chi connectivity index (χ2n) is 6.68. The van der Waals surface area contributed by atoms with E-state index >= 15 is 0 Å². The fraction of sp³-hybridized carbons (Fsp3) is 0.294. The van der Waals surface area contributed by atoms with Crippen molar-refractivity contribution >= 4 is 28.7 Å². The SMILES string of the molecule is Cn1nnc2c(C(N)=O)ncn2c1=O.Nc1nc(OCC2=CCCC2)c2[nH]cnc2n1. The molecule has 0 unspecified atom stereocenters. The van der Waals surface area contributed by atoms with Gasteiger partial charge in [-0.3, -0.25) is 4.79 Å². The minimum atomic E-state index is -0.741. The van der Waals surface area contributed by atoms with Crippen LogP contribution in [0.5, 0.6) is 5.88 Å². The molecule has 5 N–H and O–H groups in total. The fourth-order valence-electron chi connectivity index (χ4n) is 3.01. The highest BCUT2D eigenvalue weighted by Crippen LogP contribution is 2.22. The Morgan fingerprint density at radius 1 is 1.32 bits per heavy atom. The number of rotatable bonds is 4. The van der Waals surface area contributed by atoms with Gasteiger partial charge in [-0.2, -0.15) is 14.6 Å². The Morgan fingerprint density at radius 2 is 2.16 bits per heavy atom. The van der Waals surface area contributed by atoms with Crippen LogP contribution in [0.15, 0.2) is 29.1 Å². The van der Waals surface area contributed by atoms with Crippen LogP contribution in [0.25, 0.3) is 16.8 Å². The van der Waals surface area contributed by atoms with E-state index in [-0.39, 0.29) is 17.3 Å². The molecule has 0 fully saturated rings. The topological polar surface area (TPSA) is 198 Å². The molecule has 0 aliphatic heterocycles. The molecule has 0 atom stereocenters. The number of hydrogen-bond donors (Lipinski definition) is 3. The number of ether oxygens (including phenoxy) is 1. The third kappa shape index (κ3) is 4.03. The van der Waals surface area contributed by atoms with Crippen molar-refractivity contribution < 1.29 is 9.53 Å². The van der Waals surface area contributed by atoms with Gasteiger partial charge in [-0.1, -0.05) is 11.3 Å². The van der Waals surface area contributed by atoms with Crippen molar-refractivity contribution in [2.45, 2.75) is 19.3 Å². The summed E-state index contributed by atoms with van der Waals surface area (Å²) >= 11 is 0. The molecule has 0 saturated carbocycles. The number of nitrogens with two attached hydrogens (primary N) is 2. The minimum Gasteiger partial charge on any atom is -0.471 e. The van der Waals surface area contributed by atoms with E-state index in [1.165, 1.54) is 25.4 Å².